The summed E-state index contributed by atoms with van der Waals surface area (Å²) in [7, 11) is 1.60. The lowest BCUT2D eigenvalue weighted by Crippen LogP contribution is -2.34. The van der Waals surface area contributed by atoms with Gasteiger partial charge in [0.05, 0.1) is 0 Å². The summed E-state index contributed by atoms with van der Waals surface area (Å²) in [5.74, 6) is 1.19. The number of nitrogens with one attached hydrogen (secondary N) is 1. The van der Waals surface area contributed by atoms with E-state index in [4.69, 9.17) is 4.74 Å². The second-order valence-electron chi connectivity index (χ2n) is 4.09. The van der Waals surface area contributed by atoms with E-state index in [0.29, 0.717) is 11.8 Å². The van der Waals surface area contributed by atoms with E-state index < -0.39 is 0 Å². The Morgan fingerprint density at radius 1 is 1.38 bits per heavy atom. The Kier molecular flexibility index (Phi) is 3.58. The maximum absolute atomic E-state index is 11.0. The minimum atomic E-state index is -0.300. The summed E-state index contributed by atoms with van der Waals surface area (Å²) in [5, 5.41) is 2.49. The Bertz CT molecular complexity index is 182. The van der Waals surface area contributed by atoms with Crippen molar-refractivity contribution in [3.8, 4) is 0 Å². The lowest BCUT2D eigenvalue weighted by Gasteiger charge is -2.31. The van der Waals surface area contributed by atoms with Gasteiger partial charge in [-0.1, -0.05) is 20.3 Å². The first-order valence-electron chi connectivity index (χ1n) is 5.01. The Morgan fingerprint density at radius 3 is 2.69 bits per heavy atom. The highest BCUT2D eigenvalue weighted by Gasteiger charge is 2.28. The highest BCUT2D eigenvalue weighted by molar-refractivity contribution is 5.66. The molecular weight excluding hydrogens is 166 g/mol. The van der Waals surface area contributed by atoms with E-state index in [1.165, 1.54) is 12.8 Å². The van der Waals surface area contributed by atoms with E-state index in [1.54, 1.807) is 7.05 Å². The normalized spacial score (nSPS) is 33.9. The molecule has 0 aromatic carbocycles. The molecule has 1 rings (SSSR count). The van der Waals surface area contributed by atoms with E-state index >= 15 is 0 Å². The molecule has 0 spiro atoms. The highest BCUT2D eigenvalue weighted by atomic mass is 16.6. The molecule has 1 N–H and O–H groups in total. The molecule has 0 bridgehead atoms. The minimum absolute atomic E-state index is 0.115. The van der Waals surface area contributed by atoms with Crippen LogP contribution in [0.5, 0.6) is 0 Å². The Labute approximate surface area is 79.8 Å². The van der Waals surface area contributed by atoms with Gasteiger partial charge in [-0.15, -0.1) is 0 Å². The summed E-state index contributed by atoms with van der Waals surface area (Å²) in [6, 6.07) is 0. The molecule has 3 nitrogen and oxygen atoms in total. The van der Waals surface area contributed by atoms with Gasteiger partial charge in [0.25, 0.3) is 0 Å². The van der Waals surface area contributed by atoms with Crippen molar-refractivity contribution in [3.63, 3.8) is 0 Å². The zero-order chi connectivity index (χ0) is 9.84. The lowest BCUT2D eigenvalue weighted by atomic mass is 9.82. The van der Waals surface area contributed by atoms with Crippen molar-refractivity contribution in [1.29, 1.82) is 0 Å². The molecular formula is C10H19NO2. The largest absolute Gasteiger partial charge is 0.446 e. The third kappa shape index (κ3) is 2.90. The molecule has 13 heavy (non-hydrogen) atoms. The molecule has 1 unspecified atom stereocenters. The smallest absolute Gasteiger partial charge is 0.407 e. The molecule has 0 aromatic rings. The van der Waals surface area contributed by atoms with E-state index in [9.17, 15) is 4.79 Å². The van der Waals surface area contributed by atoms with Gasteiger partial charge in [0.1, 0.15) is 6.10 Å². The lowest BCUT2D eigenvalue weighted by molar-refractivity contribution is 0.0302. The van der Waals surface area contributed by atoms with Crippen LogP contribution in [0.4, 0.5) is 4.79 Å². The number of amides is 1. The zero-order valence-corrected chi connectivity index (χ0v) is 8.67. The van der Waals surface area contributed by atoms with Gasteiger partial charge in [-0.2, -0.15) is 0 Å². The number of hydrogen-bond acceptors (Lipinski definition) is 2. The van der Waals surface area contributed by atoms with E-state index in [1.807, 2.05) is 0 Å². The number of ether oxygens (including phenoxy) is 1. The third-order valence-electron chi connectivity index (χ3n) is 2.85. The van der Waals surface area contributed by atoms with Crippen LogP contribution in [0.3, 0.4) is 0 Å². The summed E-state index contributed by atoms with van der Waals surface area (Å²) in [6.07, 6.45) is 3.25. The van der Waals surface area contributed by atoms with E-state index in [0.717, 1.165) is 6.42 Å². The number of hydrogen-bond donors (Lipinski definition) is 1. The van der Waals surface area contributed by atoms with Gasteiger partial charge in [-0.25, -0.2) is 4.79 Å². The van der Waals surface area contributed by atoms with Crippen LogP contribution >= 0.6 is 0 Å². The van der Waals surface area contributed by atoms with Crippen LogP contribution in [-0.2, 0) is 4.74 Å². The highest BCUT2D eigenvalue weighted by Crippen LogP contribution is 2.30. The van der Waals surface area contributed by atoms with Crippen LogP contribution in [0.15, 0.2) is 0 Å². The van der Waals surface area contributed by atoms with Crippen molar-refractivity contribution in [2.75, 3.05) is 7.05 Å². The first-order valence-corrected chi connectivity index (χ1v) is 5.01. The van der Waals surface area contributed by atoms with Gasteiger partial charge in [0.15, 0.2) is 0 Å². The van der Waals surface area contributed by atoms with Crippen molar-refractivity contribution in [3.05, 3.63) is 0 Å². The first-order chi connectivity index (χ1) is 6.13. The number of carbonyl (C=O) groups is 1. The summed E-state index contributed by atoms with van der Waals surface area (Å²) in [6.45, 7) is 4.37. The average molecular weight is 185 g/mol. The summed E-state index contributed by atoms with van der Waals surface area (Å²) >= 11 is 0. The fraction of sp³-hybridized carbons (Fsp3) is 0.900. The molecule has 76 valence electrons. The second kappa shape index (κ2) is 4.49. The average Bonchev–Trinajstić information content (AvgIpc) is 2.11. The summed E-state index contributed by atoms with van der Waals surface area (Å²) in [4.78, 5) is 11.0. The number of rotatable bonds is 1. The number of carbonyl (C=O) groups excluding carboxylic acids is 1. The van der Waals surface area contributed by atoms with Crippen LogP contribution in [0.1, 0.15) is 33.1 Å². The van der Waals surface area contributed by atoms with Crippen molar-refractivity contribution < 1.29 is 9.53 Å². The number of alkyl carbamates (subject to hydrolysis) is 1. The van der Waals surface area contributed by atoms with Gasteiger partial charge < -0.3 is 10.1 Å². The van der Waals surface area contributed by atoms with Crippen molar-refractivity contribution in [2.24, 2.45) is 11.8 Å². The molecule has 0 heterocycles. The van der Waals surface area contributed by atoms with Gasteiger partial charge in [-0.3, -0.25) is 0 Å². The van der Waals surface area contributed by atoms with Crippen molar-refractivity contribution >= 4 is 6.09 Å². The van der Waals surface area contributed by atoms with E-state index in [2.05, 4.69) is 19.2 Å². The molecule has 0 radical (unpaired) electrons. The van der Waals surface area contributed by atoms with Gasteiger partial charge in [0.2, 0.25) is 0 Å². The minimum Gasteiger partial charge on any atom is -0.446 e. The predicted octanol–water partition coefficient (Wildman–Crippen LogP) is 2.17. The molecule has 0 aromatic heterocycles. The maximum atomic E-state index is 11.0. The summed E-state index contributed by atoms with van der Waals surface area (Å²) in [5.41, 5.74) is 0. The van der Waals surface area contributed by atoms with Crippen LogP contribution in [0, 0.1) is 11.8 Å². The van der Waals surface area contributed by atoms with Gasteiger partial charge in [-0.05, 0) is 24.7 Å². The molecule has 3 heteroatoms. The first kappa shape index (κ1) is 10.4. The van der Waals surface area contributed by atoms with Gasteiger partial charge >= 0.3 is 6.09 Å². The quantitative estimate of drug-likeness (QED) is 0.680. The zero-order valence-electron chi connectivity index (χ0n) is 8.67. The Balaban J connectivity index is 2.41. The molecule has 1 aliphatic rings. The second-order valence-corrected chi connectivity index (χ2v) is 4.09. The van der Waals surface area contributed by atoms with Crippen LogP contribution in [0.2, 0.25) is 0 Å². The Morgan fingerprint density at radius 2 is 2.08 bits per heavy atom. The maximum Gasteiger partial charge on any atom is 0.407 e. The Hall–Kier alpha value is -0.730. The van der Waals surface area contributed by atoms with Gasteiger partial charge in [0, 0.05) is 7.05 Å². The van der Waals surface area contributed by atoms with Crippen LogP contribution < -0.4 is 5.32 Å². The van der Waals surface area contributed by atoms with E-state index in [-0.39, 0.29) is 12.2 Å². The molecule has 1 saturated carbocycles. The van der Waals surface area contributed by atoms with Crippen molar-refractivity contribution in [1.82, 2.24) is 5.32 Å². The molecule has 0 saturated heterocycles. The van der Waals surface area contributed by atoms with Crippen molar-refractivity contribution in [2.45, 2.75) is 39.2 Å². The topological polar surface area (TPSA) is 38.3 Å². The molecule has 1 amide bonds. The monoisotopic (exact) mass is 185 g/mol. The third-order valence-corrected chi connectivity index (χ3v) is 2.85. The molecule has 1 fully saturated rings. The summed E-state index contributed by atoms with van der Waals surface area (Å²) < 4.78 is 5.27. The van der Waals surface area contributed by atoms with Crippen LogP contribution in [0.25, 0.3) is 0 Å². The molecule has 0 aliphatic heterocycles. The molecule has 1 aliphatic carbocycles. The van der Waals surface area contributed by atoms with Crippen LogP contribution in [-0.4, -0.2) is 19.2 Å². The SMILES string of the molecule is CNC(=O)O[C@@H]1CC(C)CC[C@H]1C. The fourth-order valence-electron chi connectivity index (χ4n) is 1.84. The predicted molar refractivity (Wildman–Crippen MR) is 51.5 cm³/mol. The standard InChI is InChI=1S/C10H19NO2/c1-7-4-5-8(2)9(6-7)13-10(12)11-3/h7-9H,4-6H2,1-3H3,(H,11,12)/t7?,8-,9-/m1/s1. The molecule has 3 atom stereocenters. The fourth-order valence-corrected chi connectivity index (χ4v) is 1.84.